The van der Waals surface area contributed by atoms with Crippen molar-refractivity contribution >= 4 is 0 Å². The number of benzene rings is 2. The van der Waals surface area contributed by atoms with E-state index >= 15 is 0 Å². The molecule has 0 N–H and O–H groups in total. The molecule has 0 aliphatic carbocycles. The fraction of sp³-hybridized carbons (Fsp3) is 0.150. The number of pyridine rings is 1. The normalized spacial score (nSPS) is 9.67. The van der Waals surface area contributed by atoms with Crippen molar-refractivity contribution in [2.75, 3.05) is 0 Å². The van der Waals surface area contributed by atoms with Crippen LogP contribution in [-0.2, 0) is 0 Å². The van der Waals surface area contributed by atoms with Crippen LogP contribution >= 0.6 is 0 Å². The number of aromatic nitrogens is 1. The van der Waals surface area contributed by atoms with Crippen molar-refractivity contribution in [1.29, 1.82) is 0 Å². The lowest BCUT2D eigenvalue weighted by Gasteiger charge is -2.11. The summed E-state index contributed by atoms with van der Waals surface area (Å²) < 4.78 is 0. The van der Waals surface area contributed by atoms with E-state index in [1.165, 1.54) is 22.3 Å². The molecule has 0 aliphatic rings. The maximum atomic E-state index is 4.39. The second-order valence-corrected chi connectivity index (χ2v) is 4.55. The Balaban J connectivity index is 0.000000774. The largest absolute Gasteiger partial charge is 0.261 e. The summed E-state index contributed by atoms with van der Waals surface area (Å²) in [6.45, 7) is 6.05. The minimum absolute atomic E-state index is 1.06. The molecule has 3 rings (SSSR count). The molecule has 1 aromatic heterocycles. The first-order valence-corrected chi connectivity index (χ1v) is 7.43. The average Bonchev–Trinajstić information content (AvgIpc) is 2.58. The van der Waals surface area contributed by atoms with Crippen LogP contribution in [0.1, 0.15) is 19.5 Å². The van der Waals surface area contributed by atoms with Gasteiger partial charge in [-0.15, -0.1) is 0 Å². The molecule has 0 saturated heterocycles. The first kappa shape index (κ1) is 15.0. The summed E-state index contributed by atoms with van der Waals surface area (Å²) >= 11 is 0. The molecule has 0 spiro atoms. The smallest absolute Gasteiger partial charge is 0.0451 e. The Kier molecular flexibility index (Phi) is 5.28. The molecule has 21 heavy (non-hydrogen) atoms. The van der Waals surface area contributed by atoms with Gasteiger partial charge in [-0.1, -0.05) is 74.5 Å². The molecule has 0 aliphatic heterocycles. The predicted octanol–water partition coefficient (Wildman–Crippen LogP) is 5.75. The van der Waals surface area contributed by atoms with E-state index in [2.05, 4.69) is 66.5 Å². The van der Waals surface area contributed by atoms with Gasteiger partial charge in [0.15, 0.2) is 0 Å². The lowest BCUT2D eigenvalue weighted by atomic mass is 9.94. The van der Waals surface area contributed by atoms with Gasteiger partial charge in [-0.3, -0.25) is 4.98 Å². The Bertz CT molecular complexity index is 687. The van der Waals surface area contributed by atoms with Crippen LogP contribution in [0, 0.1) is 6.92 Å². The highest BCUT2D eigenvalue weighted by molar-refractivity contribution is 5.84. The van der Waals surface area contributed by atoms with Crippen LogP contribution in [0.15, 0.2) is 72.9 Å². The van der Waals surface area contributed by atoms with Crippen molar-refractivity contribution in [3.63, 3.8) is 0 Å². The van der Waals surface area contributed by atoms with Crippen LogP contribution < -0.4 is 0 Å². The Morgan fingerprint density at radius 2 is 1.19 bits per heavy atom. The first-order chi connectivity index (χ1) is 10.4. The van der Waals surface area contributed by atoms with Crippen molar-refractivity contribution in [1.82, 2.24) is 4.98 Å². The van der Waals surface area contributed by atoms with E-state index in [1.54, 1.807) is 0 Å². The average molecular weight is 275 g/mol. The molecule has 0 saturated carbocycles. The molecule has 0 amide bonds. The summed E-state index contributed by atoms with van der Waals surface area (Å²) in [6.07, 6.45) is 1.84. The summed E-state index contributed by atoms with van der Waals surface area (Å²) in [5, 5.41) is 0. The van der Waals surface area contributed by atoms with Crippen molar-refractivity contribution in [2.45, 2.75) is 20.8 Å². The van der Waals surface area contributed by atoms with Crippen LogP contribution in [0.3, 0.4) is 0 Å². The summed E-state index contributed by atoms with van der Waals surface area (Å²) in [7, 11) is 0. The molecule has 0 radical (unpaired) electrons. The molecule has 1 heterocycles. The van der Waals surface area contributed by atoms with Gasteiger partial charge in [0, 0.05) is 17.5 Å². The second kappa shape index (κ2) is 7.39. The standard InChI is InChI=1S/C18H15N.C2H6/c1-14-16(12-7-13-19-14)18-11-6-5-10-17(18)15-8-3-2-4-9-15;1-2/h2-13H,1H3;1-2H3. The zero-order valence-corrected chi connectivity index (χ0v) is 12.9. The molecule has 106 valence electrons. The Morgan fingerprint density at radius 1 is 0.619 bits per heavy atom. The summed E-state index contributed by atoms with van der Waals surface area (Å²) in [5.41, 5.74) is 5.98. The van der Waals surface area contributed by atoms with E-state index in [-0.39, 0.29) is 0 Å². The highest BCUT2D eigenvalue weighted by atomic mass is 14.7. The molecular formula is C20H21N. The van der Waals surface area contributed by atoms with E-state index in [0.717, 1.165) is 5.69 Å². The SMILES string of the molecule is CC.Cc1ncccc1-c1ccccc1-c1ccccc1. The quantitative estimate of drug-likeness (QED) is 0.580. The monoisotopic (exact) mass is 275 g/mol. The van der Waals surface area contributed by atoms with Gasteiger partial charge in [0.1, 0.15) is 0 Å². The van der Waals surface area contributed by atoms with E-state index in [4.69, 9.17) is 0 Å². The van der Waals surface area contributed by atoms with Gasteiger partial charge in [0.05, 0.1) is 0 Å². The second-order valence-electron chi connectivity index (χ2n) is 4.55. The molecule has 2 aromatic carbocycles. The van der Waals surface area contributed by atoms with Gasteiger partial charge < -0.3 is 0 Å². The third-order valence-corrected chi connectivity index (χ3v) is 3.31. The number of nitrogens with zero attached hydrogens (tertiary/aromatic N) is 1. The van der Waals surface area contributed by atoms with E-state index in [1.807, 2.05) is 32.2 Å². The molecule has 0 atom stereocenters. The van der Waals surface area contributed by atoms with E-state index < -0.39 is 0 Å². The minimum atomic E-state index is 1.06. The number of rotatable bonds is 2. The molecule has 1 nitrogen and oxygen atoms in total. The molecular weight excluding hydrogens is 254 g/mol. The van der Waals surface area contributed by atoms with Gasteiger partial charge in [-0.25, -0.2) is 0 Å². The zero-order valence-electron chi connectivity index (χ0n) is 12.9. The van der Waals surface area contributed by atoms with E-state index in [0.29, 0.717) is 0 Å². The van der Waals surface area contributed by atoms with Crippen LogP contribution in [0.25, 0.3) is 22.3 Å². The maximum absolute atomic E-state index is 4.39. The Hall–Kier alpha value is -2.41. The fourth-order valence-corrected chi connectivity index (χ4v) is 2.36. The number of aryl methyl sites for hydroxylation is 1. The first-order valence-electron chi connectivity index (χ1n) is 7.43. The van der Waals surface area contributed by atoms with Crippen molar-refractivity contribution < 1.29 is 0 Å². The Labute approximate surface area is 127 Å². The molecule has 0 fully saturated rings. The van der Waals surface area contributed by atoms with Gasteiger partial charge >= 0.3 is 0 Å². The number of hydrogen-bond donors (Lipinski definition) is 0. The molecule has 0 unspecified atom stereocenters. The lowest BCUT2D eigenvalue weighted by molar-refractivity contribution is 1.20. The van der Waals surface area contributed by atoms with Gasteiger partial charge in [-0.05, 0) is 29.7 Å². The molecule has 1 heteroatoms. The van der Waals surface area contributed by atoms with Crippen molar-refractivity contribution in [2.24, 2.45) is 0 Å². The molecule has 3 aromatic rings. The maximum Gasteiger partial charge on any atom is 0.0451 e. The topological polar surface area (TPSA) is 12.9 Å². The van der Waals surface area contributed by atoms with Gasteiger partial charge in [-0.2, -0.15) is 0 Å². The predicted molar refractivity (Wildman–Crippen MR) is 91.2 cm³/mol. The lowest BCUT2D eigenvalue weighted by Crippen LogP contribution is -1.89. The third-order valence-electron chi connectivity index (χ3n) is 3.31. The highest BCUT2D eigenvalue weighted by Gasteiger charge is 2.08. The van der Waals surface area contributed by atoms with Crippen LogP contribution in [0.4, 0.5) is 0 Å². The zero-order chi connectivity index (χ0) is 15.1. The third kappa shape index (κ3) is 3.38. The fourth-order valence-electron chi connectivity index (χ4n) is 2.36. The highest BCUT2D eigenvalue weighted by Crippen LogP contribution is 2.32. The van der Waals surface area contributed by atoms with Crippen LogP contribution in [0.2, 0.25) is 0 Å². The van der Waals surface area contributed by atoms with Gasteiger partial charge in [0.2, 0.25) is 0 Å². The Morgan fingerprint density at radius 3 is 1.86 bits per heavy atom. The van der Waals surface area contributed by atoms with Crippen LogP contribution in [-0.4, -0.2) is 4.98 Å². The van der Waals surface area contributed by atoms with Gasteiger partial charge in [0.25, 0.3) is 0 Å². The van der Waals surface area contributed by atoms with Crippen molar-refractivity contribution in [3.8, 4) is 22.3 Å². The van der Waals surface area contributed by atoms with Crippen LogP contribution in [0.5, 0.6) is 0 Å². The minimum Gasteiger partial charge on any atom is -0.261 e. The van der Waals surface area contributed by atoms with Crippen molar-refractivity contribution in [3.05, 3.63) is 78.6 Å². The number of hydrogen-bond acceptors (Lipinski definition) is 1. The summed E-state index contributed by atoms with van der Waals surface area (Å²) in [5.74, 6) is 0. The molecule has 0 bridgehead atoms. The summed E-state index contributed by atoms with van der Waals surface area (Å²) in [4.78, 5) is 4.39. The summed E-state index contributed by atoms with van der Waals surface area (Å²) in [6, 6.07) is 23.1. The van der Waals surface area contributed by atoms with E-state index in [9.17, 15) is 0 Å².